The maximum absolute atomic E-state index is 12.0. The summed E-state index contributed by atoms with van der Waals surface area (Å²) < 4.78 is 11.1. The maximum Gasteiger partial charge on any atom is 0.410 e. The molecule has 1 aliphatic heterocycles. The van der Waals surface area contributed by atoms with Crippen LogP contribution in [0.1, 0.15) is 27.2 Å². The van der Waals surface area contributed by atoms with Crippen molar-refractivity contribution in [3.63, 3.8) is 0 Å². The van der Waals surface area contributed by atoms with Gasteiger partial charge in [0.15, 0.2) is 5.60 Å². The molecule has 6 nitrogen and oxygen atoms in total. The van der Waals surface area contributed by atoms with Gasteiger partial charge in [0, 0.05) is 5.02 Å². The molecule has 126 valence electrons. The van der Waals surface area contributed by atoms with Crippen molar-refractivity contribution in [2.75, 3.05) is 13.1 Å². The molecule has 1 fully saturated rings. The fraction of sp³-hybridized carbons (Fsp3) is 0.500. The lowest BCUT2D eigenvalue weighted by molar-refractivity contribution is -0.148. The number of hydrogen-bond donors (Lipinski definition) is 1. The van der Waals surface area contributed by atoms with Crippen LogP contribution >= 0.6 is 11.6 Å². The number of carbonyl (C=O) groups is 2. The van der Waals surface area contributed by atoms with Crippen LogP contribution in [0.25, 0.3) is 0 Å². The van der Waals surface area contributed by atoms with E-state index in [-0.39, 0.29) is 19.5 Å². The lowest BCUT2D eigenvalue weighted by atomic mass is 9.90. The number of ether oxygens (including phenoxy) is 2. The van der Waals surface area contributed by atoms with E-state index < -0.39 is 23.3 Å². The molecule has 1 saturated heterocycles. The van der Waals surface area contributed by atoms with Crippen LogP contribution in [0.3, 0.4) is 0 Å². The Balaban J connectivity index is 2.06. The van der Waals surface area contributed by atoms with Crippen molar-refractivity contribution in [1.82, 2.24) is 4.90 Å². The summed E-state index contributed by atoms with van der Waals surface area (Å²) in [6, 6.07) is 6.73. The number of halogens is 1. The summed E-state index contributed by atoms with van der Waals surface area (Å²) in [6.07, 6.45) is -0.688. The number of rotatable bonds is 4. The van der Waals surface area contributed by atoms with Gasteiger partial charge in [-0.25, -0.2) is 4.79 Å². The van der Waals surface area contributed by atoms with E-state index >= 15 is 0 Å². The third-order valence-electron chi connectivity index (χ3n) is 3.21. The zero-order valence-corrected chi connectivity index (χ0v) is 14.1. The van der Waals surface area contributed by atoms with E-state index in [9.17, 15) is 9.59 Å². The van der Waals surface area contributed by atoms with E-state index in [2.05, 4.69) is 0 Å². The first kappa shape index (κ1) is 17.4. The first-order chi connectivity index (χ1) is 10.6. The van der Waals surface area contributed by atoms with Crippen LogP contribution in [-0.4, -0.2) is 46.4 Å². The summed E-state index contributed by atoms with van der Waals surface area (Å²) in [5.74, 6) is -0.515. The van der Waals surface area contributed by atoms with E-state index in [1.807, 2.05) is 0 Å². The Morgan fingerprint density at radius 1 is 1.35 bits per heavy atom. The van der Waals surface area contributed by atoms with Gasteiger partial charge in [0.1, 0.15) is 11.4 Å². The second-order valence-corrected chi connectivity index (χ2v) is 7.09. The Bertz CT molecular complexity index is 605. The van der Waals surface area contributed by atoms with Crippen LogP contribution in [0.4, 0.5) is 4.79 Å². The van der Waals surface area contributed by atoms with Crippen molar-refractivity contribution in [3.8, 4) is 5.75 Å². The van der Waals surface area contributed by atoms with Crippen LogP contribution in [-0.2, 0) is 9.53 Å². The van der Waals surface area contributed by atoms with Gasteiger partial charge in [-0.05, 0) is 39.0 Å². The Labute approximate surface area is 139 Å². The predicted molar refractivity (Wildman–Crippen MR) is 84.9 cm³/mol. The predicted octanol–water partition coefficient (Wildman–Crippen LogP) is 3.18. The molecule has 1 aliphatic rings. The highest BCUT2D eigenvalue weighted by molar-refractivity contribution is 6.30. The molecule has 0 saturated carbocycles. The summed E-state index contributed by atoms with van der Waals surface area (Å²) in [5.41, 5.74) is -1.57. The molecular formula is C16H20ClNO5. The highest BCUT2D eigenvalue weighted by Gasteiger charge is 2.50. The van der Waals surface area contributed by atoms with Crippen molar-refractivity contribution in [3.05, 3.63) is 29.3 Å². The average Bonchev–Trinajstić information content (AvgIpc) is 2.32. The highest BCUT2D eigenvalue weighted by atomic mass is 35.5. The van der Waals surface area contributed by atoms with E-state index in [0.29, 0.717) is 10.8 Å². The van der Waals surface area contributed by atoms with Crippen LogP contribution in [0.15, 0.2) is 24.3 Å². The number of carboxylic acids is 1. The molecule has 23 heavy (non-hydrogen) atoms. The number of amides is 1. The van der Waals surface area contributed by atoms with Crippen LogP contribution in [0, 0.1) is 0 Å². The van der Waals surface area contributed by atoms with E-state index in [4.69, 9.17) is 26.2 Å². The van der Waals surface area contributed by atoms with Gasteiger partial charge in [-0.3, -0.25) is 9.69 Å². The van der Waals surface area contributed by atoms with E-state index in [0.717, 1.165) is 0 Å². The number of benzene rings is 1. The molecule has 1 aromatic carbocycles. The fourth-order valence-corrected chi connectivity index (χ4v) is 2.55. The number of likely N-dealkylation sites (tertiary alicyclic amines) is 1. The number of carboxylic acid groups (broad SMARTS) is 1. The van der Waals surface area contributed by atoms with Crippen LogP contribution in [0.2, 0.25) is 5.02 Å². The van der Waals surface area contributed by atoms with Crippen LogP contribution in [0.5, 0.6) is 5.75 Å². The summed E-state index contributed by atoms with van der Waals surface area (Å²) >= 11 is 5.91. The second-order valence-electron chi connectivity index (χ2n) is 6.65. The van der Waals surface area contributed by atoms with Gasteiger partial charge < -0.3 is 14.6 Å². The summed E-state index contributed by atoms with van der Waals surface area (Å²) in [7, 11) is 0. The van der Waals surface area contributed by atoms with Gasteiger partial charge >= 0.3 is 12.1 Å². The third-order valence-corrected chi connectivity index (χ3v) is 3.45. The normalized spacial score (nSPS) is 16.4. The van der Waals surface area contributed by atoms with Crippen molar-refractivity contribution in [2.24, 2.45) is 0 Å². The Morgan fingerprint density at radius 2 is 2.00 bits per heavy atom. The molecule has 0 atom stereocenters. The molecule has 0 unspecified atom stereocenters. The molecule has 0 spiro atoms. The molecule has 1 aromatic rings. The van der Waals surface area contributed by atoms with Gasteiger partial charge in [0.25, 0.3) is 0 Å². The molecule has 0 bridgehead atoms. The summed E-state index contributed by atoms with van der Waals surface area (Å²) in [6.45, 7) is 5.63. The molecule has 2 rings (SSSR count). The molecule has 1 heterocycles. The summed E-state index contributed by atoms with van der Waals surface area (Å²) in [5, 5.41) is 9.61. The number of aliphatic carboxylic acids is 1. The Kier molecular flexibility index (Phi) is 4.75. The lowest BCUT2D eigenvalue weighted by Gasteiger charge is -2.48. The first-order valence-electron chi connectivity index (χ1n) is 7.23. The average molecular weight is 342 g/mol. The van der Waals surface area contributed by atoms with Gasteiger partial charge in [0.05, 0.1) is 19.5 Å². The number of hydrogen-bond acceptors (Lipinski definition) is 4. The standard InChI is InChI=1S/C16H20ClNO5/c1-15(2,3)23-14(21)18-9-16(10-18,8-13(19)20)22-12-6-4-5-11(17)7-12/h4-7H,8-10H2,1-3H3,(H,19,20). The van der Waals surface area contributed by atoms with E-state index in [1.165, 1.54) is 4.90 Å². The molecule has 1 amide bonds. The SMILES string of the molecule is CC(C)(C)OC(=O)N1CC(CC(=O)O)(Oc2cccc(Cl)c2)C1. The van der Waals surface area contributed by atoms with E-state index in [1.54, 1.807) is 45.0 Å². The van der Waals surface area contributed by atoms with Gasteiger partial charge in [-0.15, -0.1) is 0 Å². The van der Waals surface area contributed by atoms with Gasteiger partial charge in [-0.1, -0.05) is 17.7 Å². The Hall–Kier alpha value is -1.95. The van der Waals surface area contributed by atoms with Crippen LogP contribution < -0.4 is 4.74 Å². The minimum absolute atomic E-state index is 0.153. The summed E-state index contributed by atoms with van der Waals surface area (Å²) in [4.78, 5) is 24.6. The number of nitrogens with zero attached hydrogens (tertiary/aromatic N) is 1. The second kappa shape index (κ2) is 6.28. The smallest absolute Gasteiger partial charge is 0.410 e. The zero-order chi connectivity index (χ0) is 17.3. The minimum atomic E-state index is -0.990. The topological polar surface area (TPSA) is 76.1 Å². The molecule has 0 radical (unpaired) electrons. The molecular weight excluding hydrogens is 322 g/mol. The molecule has 0 aliphatic carbocycles. The molecule has 1 N–H and O–H groups in total. The van der Waals surface area contributed by atoms with Crippen molar-refractivity contribution in [2.45, 2.75) is 38.4 Å². The molecule has 7 heteroatoms. The monoisotopic (exact) mass is 341 g/mol. The first-order valence-corrected chi connectivity index (χ1v) is 7.61. The molecule has 0 aromatic heterocycles. The maximum atomic E-state index is 12.0. The quantitative estimate of drug-likeness (QED) is 0.910. The van der Waals surface area contributed by atoms with Gasteiger partial charge in [-0.2, -0.15) is 0 Å². The minimum Gasteiger partial charge on any atom is -0.483 e. The third kappa shape index (κ3) is 4.76. The Morgan fingerprint density at radius 3 is 2.52 bits per heavy atom. The largest absolute Gasteiger partial charge is 0.483 e. The lowest BCUT2D eigenvalue weighted by Crippen LogP contribution is -2.67. The zero-order valence-electron chi connectivity index (χ0n) is 13.3. The highest BCUT2D eigenvalue weighted by Crippen LogP contribution is 2.33. The van der Waals surface area contributed by atoms with Crippen molar-refractivity contribution < 1.29 is 24.2 Å². The fourth-order valence-electron chi connectivity index (χ4n) is 2.37. The van der Waals surface area contributed by atoms with Crippen molar-refractivity contribution in [1.29, 1.82) is 0 Å². The number of carbonyl (C=O) groups excluding carboxylic acids is 1. The van der Waals surface area contributed by atoms with Crippen molar-refractivity contribution >= 4 is 23.7 Å². The van der Waals surface area contributed by atoms with Gasteiger partial charge in [0.2, 0.25) is 0 Å².